The van der Waals surface area contributed by atoms with Crippen LogP contribution in [-0.2, 0) is 14.3 Å². The minimum atomic E-state index is -0.981. The summed E-state index contributed by atoms with van der Waals surface area (Å²) in [5.41, 5.74) is 5.60. The van der Waals surface area contributed by atoms with Crippen molar-refractivity contribution in [2.75, 3.05) is 19.7 Å². The molecular formula is C10H15N3O4. The van der Waals surface area contributed by atoms with E-state index in [2.05, 4.69) is 0 Å². The van der Waals surface area contributed by atoms with Gasteiger partial charge in [-0.05, 0) is 6.42 Å². The Hall–Kier alpha value is -1.65. The molecule has 1 fully saturated rings. The fraction of sp³-hybridized carbons (Fsp3) is 0.700. The lowest BCUT2D eigenvalue weighted by atomic mass is 10.1. The second-order valence-electron chi connectivity index (χ2n) is 3.81. The molecule has 0 bridgehead atoms. The molecule has 2 atom stereocenters. The number of nitrogens with zero attached hydrogens (tertiary/aromatic N) is 2. The number of hydrogen-bond donors (Lipinski definition) is 2. The third-order valence-corrected chi connectivity index (χ3v) is 2.51. The summed E-state index contributed by atoms with van der Waals surface area (Å²) in [5, 5.41) is 17.2. The van der Waals surface area contributed by atoms with Crippen LogP contribution in [0.1, 0.15) is 12.8 Å². The highest BCUT2D eigenvalue weighted by Crippen LogP contribution is 2.07. The normalized spacial score (nSPS) is 21.6. The first-order valence-electron chi connectivity index (χ1n) is 5.32. The van der Waals surface area contributed by atoms with Gasteiger partial charge in [0, 0.05) is 13.0 Å². The van der Waals surface area contributed by atoms with E-state index in [0.29, 0.717) is 13.2 Å². The molecule has 1 amide bonds. The van der Waals surface area contributed by atoms with Gasteiger partial charge >= 0.3 is 5.97 Å². The predicted molar refractivity (Wildman–Crippen MR) is 56.8 cm³/mol. The van der Waals surface area contributed by atoms with Crippen molar-refractivity contribution >= 4 is 11.9 Å². The molecule has 17 heavy (non-hydrogen) atoms. The van der Waals surface area contributed by atoms with Gasteiger partial charge in [-0.25, -0.2) is 0 Å². The molecule has 0 aliphatic carbocycles. The van der Waals surface area contributed by atoms with E-state index < -0.39 is 18.1 Å². The molecule has 0 radical (unpaired) electrons. The Morgan fingerprint density at radius 1 is 1.65 bits per heavy atom. The highest BCUT2D eigenvalue weighted by molar-refractivity contribution is 5.82. The zero-order chi connectivity index (χ0) is 12.8. The Bertz CT molecular complexity index is 339. The zero-order valence-corrected chi connectivity index (χ0v) is 9.33. The van der Waals surface area contributed by atoms with Crippen molar-refractivity contribution in [2.45, 2.75) is 25.0 Å². The molecule has 1 aliphatic heterocycles. The standard InChI is InChI=1S/C10H15N3O4/c11-5-7-6-13(3-4-17-7)10(16)8(12)1-2-9(14)15/h7-8H,1-4,6,12H2,(H,14,15). The molecular weight excluding hydrogens is 226 g/mol. The number of carboxylic acids is 1. The molecule has 0 aromatic carbocycles. The van der Waals surface area contributed by atoms with Crippen molar-refractivity contribution in [3.63, 3.8) is 0 Å². The number of carbonyl (C=O) groups is 2. The molecule has 0 aromatic rings. The molecule has 1 aliphatic rings. The van der Waals surface area contributed by atoms with Crippen LogP contribution in [-0.4, -0.2) is 53.7 Å². The first-order valence-corrected chi connectivity index (χ1v) is 5.32. The second-order valence-corrected chi connectivity index (χ2v) is 3.81. The van der Waals surface area contributed by atoms with Gasteiger partial charge in [0.2, 0.25) is 5.91 Å². The van der Waals surface area contributed by atoms with Crippen LogP contribution in [0, 0.1) is 11.3 Å². The number of carbonyl (C=O) groups excluding carboxylic acids is 1. The van der Waals surface area contributed by atoms with E-state index in [4.69, 9.17) is 20.8 Å². The maximum Gasteiger partial charge on any atom is 0.303 e. The molecule has 1 rings (SSSR count). The number of morpholine rings is 1. The number of rotatable bonds is 4. The van der Waals surface area contributed by atoms with Crippen LogP contribution in [0.4, 0.5) is 0 Å². The van der Waals surface area contributed by atoms with Gasteiger partial charge in [0.1, 0.15) is 0 Å². The van der Waals surface area contributed by atoms with Crippen molar-refractivity contribution in [1.29, 1.82) is 5.26 Å². The first kappa shape index (κ1) is 13.4. The number of ether oxygens (including phenoxy) is 1. The van der Waals surface area contributed by atoms with Crippen molar-refractivity contribution in [1.82, 2.24) is 4.90 Å². The summed E-state index contributed by atoms with van der Waals surface area (Å²) in [6, 6.07) is 1.10. The fourth-order valence-electron chi connectivity index (χ4n) is 1.56. The number of amides is 1. The molecule has 2 unspecified atom stereocenters. The molecule has 0 aromatic heterocycles. The van der Waals surface area contributed by atoms with E-state index in [0.717, 1.165) is 0 Å². The topological polar surface area (TPSA) is 117 Å². The second kappa shape index (κ2) is 6.18. The number of aliphatic carboxylic acids is 1. The molecule has 3 N–H and O–H groups in total. The van der Waals surface area contributed by atoms with E-state index >= 15 is 0 Å². The van der Waals surface area contributed by atoms with Crippen LogP contribution in [0.2, 0.25) is 0 Å². The third-order valence-electron chi connectivity index (χ3n) is 2.51. The Labute approximate surface area is 98.7 Å². The summed E-state index contributed by atoms with van der Waals surface area (Å²) in [6.45, 7) is 0.878. The van der Waals surface area contributed by atoms with E-state index in [9.17, 15) is 9.59 Å². The van der Waals surface area contributed by atoms with Crippen molar-refractivity contribution in [2.24, 2.45) is 5.73 Å². The Balaban J connectivity index is 2.45. The number of nitriles is 1. The van der Waals surface area contributed by atoms with E-state index in [-0.39, 0.29) is 25.3 Å². The minimum absolute atomic E-state index is 0.0999. The van der Waals surface area contributed by atoms with Crippen LogP contribution in [0.15, 0.2) is 0 Å². The molecule has 1 heterocycles. The van der Waals surface area contributed by atoms with Gasteiger partial charge in [0.15, 0.2) is 6.10 Å². The predicted octanol–water partition coefficient (Wildman–Crippen LogP) is -1.07. The highest BCUT2D eigenvalue weighted by Gasteiger charge is 2.27. The lowest BCUT2D eigenvalue weighted by molar-refractivity contribution is -0.139. The number of carboxylic acid groups (broad SMARTS) is 1. The van der Waals surface area contributed by atoms with Crippen LogP contribution in [0.5, 0.6) is 0 Å². The fourth-order valence-corrected chi connectivity index (χ4v) is 1.56. The van der Waals surface area contributed by atoms with Gasteiger partial charge in [-0.3, -0.25) is 9.59 Å². The number of nitrogens with two attached hydrogens (primary N) is 1. The molecule has 1 saturated heterocycles. The van der Waals surface area contributed by atoms with E-state index in [1.807, 2.05) is 6.07 Å². The summed E-state index contributed by atoms with van der Waals surface area (Å²) in [4.78, 5) is 23.6. The first-order chi connectivity index (χ1) is 8.04. The quantitative estimate of drug-likeness (QED) is 0.647. The zero-order valence-electron chi connectivity index (χ0n) is 9.33. The summed E-state index contributed by atoms with van der Waals surface area (Å²) in [7, 11) is 0. The minimum Gasteiger partial charge on any atom is -0.481 e. The SMILES string of the molecule is N#CC1CN(C(=O)C(N)CCC(=O)O)CCO1. The van der Waals surface area contributed by atoms with Crippen molar-refractivity contribution in [3.8, 4) is 6.07 Å². The number of hydrogen-bond acceptors (Lipinski definition) is 5. The molecule has 7 nitrogen and oxygen atoms in total. The van der Waals surface area contributed by atoms with E-state index in [1.54, 1.807) is 0 Å². The van der Waals surface area contributed by atoms with Crippen LogP contribution >= 0.6 is 0 Å². The third kappa shape index (κ3) is 4.01. The van der Waals surface area contributed by atoms with Crippen LogP contribution < -0.4 is 5.73 Å². The summed E-state index contributed by atoms with van der Waals surface area (Å²) < 4.78 is 5.10. The molecule has 0 spiro atoms. The van der Waals surface area contributed by atoms with Gasteiger partial charge in [-0.2, -0.15) is 5.26 Å². The molecule has 7 heteroatoms. The average molecular weight is 241 g/mol. The maximum atomic E-state index is 11.8. The maximum absolute atomic E-state index is 11.8. The average Bonchev–Trinajstić information content (AvgIpc) is 2.35. The van der Waals surface area contributed by atoms with Gasteiger partial charge in [0.25, 0.3) is 0 Å². The van der Waals surface area contributed by atoms with Crippen LogP contribution in [0.25, 0.3) is 0 Å². The van der Waals surface area contributed by atoms with Gasteiger partial charge in [-0.15, -0.1) is 0 Å². The Morgan fingerprint density at radius 3 is 2.94 bits per heavy atom. The Kier molecular flexibility index (Phi) is 4.87. The van der Waals surface area contributed by atoms with Gasteiger partial charge in [0.05, 0.1) is 25.3 Å². The summed E-state index contributed by atoms with van der Waals surface area (Å²) in [6.07, 6.45) is -0.666. The van der Waals surface area contributed by atoms with Crippen LogP contribution in [0.3, 0.4) is 0 Å². The van der Waals surface area contributed by atoms with E-state index in [1.165, 1.54) is 4.90 Å². The molecule has 0 saturated carbocycles. The van der Waals surface area contributed by atoms with Gasteiger partial charge in [-0.1, -0.05) is 0 Å². The largest absolute Gasteiger partial charge is 0.481 e. The molecule has 94 valence electrons. The monoisotopic (exact) mass is 241 g/mol. The lowest BCUT2D eigenvalue weighted by Gasteiger charge is -2.31. The van der Waals surface area contributed by atoms with Crippen molar-refractivity contribution in [3.05, 3.63) is 0 Å². The van der Waals surface area contributed by atoms with Crippen molar-refractivity contribution < 1.29 is 19.4 Å². The lowest BCUT2D eigenvalue weighted by Crippen LogP contribution is -2.51. The van der Waals surface area contributed by atoms with Gasteiger partial charge < -0.3 is 20.5 Å². The summed E-state index contributed by atoms with van der Waals surface area (Å²) in [5.74, 6) is -1.31. The Morgan fingerprint density at radius 2 is 2.35 bits per heavy atom. The smallest absolute Gasteiger partial charge is 0.303 e. The summed E-state index contributed by atoms with van der Waals surface area (Å²) >= 11 is 0. The highest BCUT2D eigenvalue weighted by atomic mass is 16.5.